The fourth-order valence-corrected chi connectivity index (χ4v) is 1.60. The fourth-order valence-electron chi connectivity index (χ4n) is 1.31. The summed E-state index contributed by atoms with van der Waals surface area (Å²) in [6.45, 7) is 4.68. The summed E-state index contributed by atoms with van der Waals surface area (Å²) in [5, 5.41) is 0.677. The second kappa shape index (κ2) is 5.99. The van der Waals surface area contributed by atoms with E-state index < -0.39 is 0 Å². The molecule has 1 unspecified atom stereocenters. The molecule has 0 fully saturated rings. The number of halogens is 1. The van der Waals surface area contributed by atoms with Crippen LogP contribution in [0.4, 0.5) is 0 Å². The molecule has 2 N–H and O–H groups in total. The summed E-state index contributed by atoms with van der Waals surface area (Å²) >= 11 is 6.02. The Morgan fingerprint density at radius 1 is 1.47 bits per heavy atom. The van der Waals surface area contributed by atoms with Crippen LogP contribution in [0.1, 0.15) is 25.3 Å². The zero-order chi connectivity index (χ0) is 11.3. The molecule has 0 aliphatic heterocycles. The number of hydrogen-bond donors (Lipinski definition) is 1. The summed E-state index contributed by atoms with van der Waals surface area (Å²) in [5.74, 6) is 0.756. The molecule has 0 bridgehead atoms. The standard InChI is InChI=1S/C12H18ClNO/c1-9-5-6-12(11(13)8-9)15-7-3-4-10(2)14/h5-6,8,10H,3-4,7,14H2,1-2H3. The summed E-state index contributed by atoms with van der Waals surface area (Å²) in [4.78, 5) is 0. The predicted molar refractivity (Wildman–Crippen MR) is 64.6 cm³/mol. The first-order chi connectivity index (χ1) is 7.09. The first kappa shape index (κ1) is 12.3. The third-order valence-electron chi connectivity index (χ3n) is 2.15. The van der Waals surface area contributed by atoms with E-state index in [0.717, 1.165) is 24.2 Å². The first-order valence-electron chi connectivity index (χ1n) is 5.24. The van der Waals surface area contributed by atoms with Gasteiger partial charge in [-0.15, -0.1) is 0 Å². The molecule has 1 rings (SSSR count). The van der Waals surface area contributed by atoms with Gasteiger partial charge in [0.05, 0.1) is 11.6 Å². The number of aryl methyl sites for hydroxylation is 1. The van der Waals surface area contributed by atoms with Gasteiger partial charge in [0.2, 0.25) is 0 Å². The zero-order valence-corrected chi connectivity index (χ0v) is 10.1. The van der Waals surface area contributed by atoms with E-state index in [1.165, 1.54) is 0 Å². The van der Waals surface area contributed by atoms with Crippen LogP contribution in [0.2, 0.25) is 5.02 Å². The molecular weight excluding hydrogens is 210 g/mol. The molecule has 0 aromatic heterocycles. The molecule has 0 aliphatic carbocycles. The molecule has 0 aliphatic rings. The van der Waals surface area contributed by atoms with Gasteiger partial charge in [0.25, 0.3) is 0 Å². The smallest absolute Gasteiger partial charge is 0.137 e. The zero-order valence-electron chi connectivity index (χ0n) is 9.29. The second-order valence-corrected chi connectivity index (χ2v) is 4.31. The van der Waals surface area contributed by atoms with Crippen molar-refractivity contribution in [3.63, 3.8) is 0 Å². The maximum absolute atomic E-state index is 6.02. The van der Waals surface area contributed by atoms with Crippen molar-refractivity contribution in [2.24, 2.45) is 5.73 Å². The van der Waals surface area contributed by atoms with Crippen molar-refractivity contribution in [3.05, 3.63) is 28.8 Å². The molecule has 0 saturated heterocycles. The third kappa shape index (κ3) is 4.54. The Balaban J connectivity index is 2.37. The number of hydrogen-bond acceptors (Lipinski definition) is 2. The Morgan fingerprint density at radius 3 is 2.80 bits per heavy atom. The second-order valence-electron chi connectivity index (χ2n) is 3.90. The van der Waals surface area contributed by atoms with Gasteiger partial charge < -0.3 is 10.5 Å². The van der Waals surface area contributed by atoms with Gasteiger partial charge in [-0.1, -0.05) is 17.7 Å². The molecule has 2 nitrogen and oxygen atoms in total. The van der Waals surface area contributed by atoms with Crippen molar-refractivity contribution in [1.29, 1.82) is 0 Å². The molecule has 1 aromatic rings. The molecule has 84 valence electrons. The number of ether oxygens (including phenoxy) is 1. The van der Waals surface area contributed by atoms with Crippen LogP contribution in [-0.2, 0) is 0 Å². The van der Waals surface area contributed by atoms with E-state index in [0.29, 0.717) is 11.6 Å². The van der Waals surface area contributed by atoms with Gasteiger partial charge in [-0.25, -0.2) is 0 Å². The van der Waals surface area contributed by atoms with Gasteiger partial charge in [-0.2, -0.15) is 0 Å². The van der Waals surface area contributed by atoms with Crippen molar-refractivity contribution < 1.29 is 4.74 Å². The molecule has 0 heterocycles. The maximum atomic E-state index is 6.02. The summed E-state index contributed by atoms with van der Waals surface area (Å²) in [6.07, 6.45) is 1.94. The first-order valence-corrected chi connectivity index (χ1v) is 5.62. The average Bonchev–Trinajstić information content (AvgIpc) is 2.14. The van der Waals surface area contributed by atoms with Gasteiger partial charge >= 0.3 is 0 Å². The maximum Gasteiger partial charge on any atom is 0.137 e. The predicted octanol–water partition coefficient (Wildman–Crippen LogP) is 3.15. The van der Waals surface area contributed by atoms with E-state index in [-0.39, 0.29) is 6.04 Å². The minimum Gasteiger partial charge on any atom is -0.492 e. The molecule has 3 heteroatoms. The molecule has 1 aromatic carbocycles. The topological polar surface area (TPSA) is 35.2 Å². The molecule has 1 atom stereocenters. The largest absolute Gasteiger partial charge is 0.492 e. The highest BCUT2D eigenvalue weighted by Crippen LogP contribution is 2.25. The highest BCUT2D eigenvalue weighted by atomic mass is 35.5. The van der Waals surface area contributed by atoms with Crippen molar-refractivity contribution in [2.75, 3.05) is 6.61 Å². The highest BCUT2D eigenvalue weighted by molar-refractivity contribution is 6.32. The van der Waals surface area contributed by atoms with E-state index in [1.807, 2.05) is 32.0 Å². The van der Waals surface area contributed by atoms with E-state index in [2.05, 4.69) is 0 Å². The van der Waals surface area contributed by atoms with E-state index in [9.17, 15) is 0 Å². The number of nitrogens with two attached hydrogens (primary N) is 1. The van der Waals surface area contributed by atoms with Gasteiger partial charge in [-0.05, 0) is 44.4 Å². The van der Waals surface area contributed by atoms with Crippen LogP contribution >= 0.6 is 11.6 Å². The van der Waals surface area contributed by atoms with Crippen LogP contribution in [-0.4, -0.2) is 12.6 Å². The molecule has 0 saturated carbocycles. The van der Waals surface area contributed by atoms with Gasteiger partial charge in [0.1, 0.15) is 5.75 Å². The molecule has 0 spiro atoms. The van der Waals surface area contributed by atoms with Crippen LogP contribution in [0, 0.1) is 6.92 Å². The Hall–Kier alpha value is -0.730. The normalized spacial score (nSPS) is 12.5. The Morgan fingerprint density at radius 2 is 2.20 bits per heavy atom. The lowest BCUT2D eigenvalue weighted by atomic mass is 10.2. The van der Waals surface area contributed by atoms with Crippen LogP contribution in [0.3, 0.4) is 0 Å². The summed E-state index contributed by atoms with van der Waals surface area (Å²) in [7, 11) is 0. The van der Waals surface area contributed by atoms with Crippen LogP contribution in [0.25, 0.3) is 0 Å². The summed E-state index contributed by atoms with van der Waals surface area (Å²) in [6, 6.07) is 6.04. The van der Waals surface area contributed by atoms with Crippen molar-refractivity contribution in [2.45, 2.75) is 32.7 Å². The third-order valence-corrected chi connectivity index (χ3v) is 2.44. The number of rotatable bonds is 5. The van der Waals surface area contributed by atoms with Crippen molar-refractivity contribution in [1.82, 2.24) is 0 Å². The van der Waals surface area contributed by atoms with Crippen molar-refractivity contribution in [3.8, 4) is 5.75 Å². The van der Waals surface area contributed by atoms with Gasteiger partial charge in [0, 0.05) is 6.04 Å². The Kier molecular flexibility index (Phi) is 4.92. The molecule has 15 heavy (non-hydrogen) atoms. The van der Waals surface area contributed by atoms with Gasteiger partial charge in [-0.3, -0.25) is 0 Å². The lowest BCUT2D eigenvalue weighted by molar-refractivity contribution is 0.303. The molecule has 0 radical (unpaired) electrons. The van der Waals surface area contributed by atoms with E-state index >= 15 is 0 Å². The lowest BCUT2D eigenvalue weighted by Gasteiger charge is -2.09. The quantitative estimate of drug-likeness (QED) is 0.785. The Labute approximate surface area is 96.4 Å². The summed E-state index contributed by atoms with van der Waals surface area (Å²) < 4.78 is 5.55. The molecular formula is C12H18ClNO. The fraction of sp³-hybridized carbons (Fsp3) is 0.500. The number of benzene rings is 1. The molecule has 0 amide bonds. The van der Waals surface area contributed by atoms with Crippen LogP contribution < -0.4 is 10.5 Å². The summed E-state index contributed by atoms with van der Waals surface area (Å²) in [5.41, 5.74) is 6.78. The SMILES string of the molecule is Cc1ccc(OCCCC(C)N)c(Cl)c1. The van der Waals surface area contributed by atoms with E-state index in [1.54, 1.807) is 0 Å². The van der Waals surface area contributed by atoms with Crippen LogP contribution in [0.5, 0.6) is 5.75 Å². The van der Waals surface area contributed by atoms with E-state index in [4.69, 9.17) is 22.1 Å². The van der Waals surface area contributed by atoms with Gasteiger partial charge in [0.15, 0.2) is 0 Å². The highest BCUT2D eigenvalue weighted by Gasteiger charge is 2.01. The lowest BCUT2D eigenvalue weighted by Crippen LogP contribution is -2.15. The Bertz CT molecular complexity index is 312. The average molecular weight is 228 g/mol. The minimum absolute atomic E-state index is 0.238. The van der Waals surface area contributed by atoms with Crippen molar-refractivity contribution >= 4 is 11.6 Å². The monoisotopic (exact) mass is 227 g/mol. The minimum atomic E-state index is 0.238. The van der Waals surface area contributed by atoms with Crippen LogP contribution in [0.15, 0.2) is 18.2 Å².